The van der Waals surface area contributed by atoms with Crippen LogP contribution in [0.25, 0.3) is 0 Å². The summed E-state index contributed by atoms with van der Waals surface area (Å²) in [6, 6.07) is 5.40. The first-order valence-electron chi connectivity index (χ1n) is 7.65. The topological polar surface area (TPSA) is 41.6 Å². The van der Waals surface area contributed by atoms with E-state index in [2.05, 4.69) is 10.2 Å². The highest BCUT2D eigenvalue weighted by molar-refractivity contribution is 7.98. The largest absolute Gasteiger partial charge is 0.374 e. The Kier molecular flexibility index (Phi) is 5.00. The number of rotatable bonds is 5. The number of carbonyl (C=O) groups is 1. The maximum Gasteiger partial charge on any atom is 0.255 e. The molecule has 1 saturated carbocycles. The lowest BCUT2D eigenvalue weighted by Crippen LogP contribution is -2.48. The molecule has 3 rings (SSSR count). The highest BCUT2D eigenvalue weighted by Crippen LogP contribution is 2.28. The van der Waals surface area contributed by atoms with Gasteiger partial charge in [0.15, 0.2) is 0 Å². The monoisotopic (exact) mass is 324 g/mol. The van der Waals surface area contributed by atoms with Gasteiger partial charge in [-0.2, -0.15) is 0 Å². The van der Waals surface area contributed by atoms with Crippen LogP contribution >= 0.6 is 11.8 Å². The van der Waals surface area contributed by atoms with Crippen LogP contribution in [0, 0.1) is 5.82 Å². The molecule has 2 fully saturated rings. The number of benzene rings is 1. The number of ether oxygens (including phenoxy) is 1. The van der Waals surface area contributed by atoms with E-state index in [1.807, 2.05) is 6.26 Å². The van der Waals surface area contributed by atoms with E-state index in [4.69, 9.17) is 4.74 Å². The van der Waals surface area contributed by atoms with Crippen LogP contribution < -0.4 is 5.32 Å². The number of thioether (sulfide) groups is 1. The van der Waals surface area contributed by atoms with Gasteiger partial charge in [-0.3, -0.25) is 9.69 Å². The zero-order chi connectivity index (χ0) is 15.5. The molecule has 1 aliphatic heterocycles. The van der Waals surface area contributed by atoms with Gasteiger partial charge in [-0.1, -0.05) is 6.07 Å². The number of hydrogen-bond donors (Lipinski definition) is 1. The van der Waals surface area contributed by atoms with Gasteiger partial charge in [0.25, 0.3) is 5.91 Å². The lowest BCUT2D eigenvalue weighted by Gasteiger charge is -2.33. The molecule has 4 nitrogen and oxygen atoms in total. The van der Waals surface area contributed by atoms with E-state index in [9.17, 15) is 9.18 Å². The van der Waals surface area contributed by atoms with Crippen molar-refractivity contribution in [3.63, 3.8) is 0 Å². The molecule has 22 heavy (non-hydrogen) atoms. The van der Waals surface area contributed by atoms with Crippen LogP contribution in [0.1, 0.15) is 23.2 Å². The number of hydrogen-bond acceptors (Lipinski definition) is 4. The number of carbonyl (C=O) groups excluding carboxylic acids is 1. The summed E-state index contributed by atoms with van der Waals surface area (Å²) in [5, 5.41) is 2.82. The van der Waals surface area contributed by atoms with E-state index in [1.54, 1.807) is 12.1 Å². The van der Waals surface area contributed by atoms with Gasteiger partial charge in [-0.15, -0.1) is 11.8 Å². The summed E-state index contributed by atoms with van der Waals surface area (Å²) in [6.45, 7) is 2.94. The summed E-state index contributed by atoms with van der Waals surface area (Å²) < 4.78 is 19.6. The Morgan fingerprint density at radius 3 is 3.05 bits per heavy atom. The standard InChI is InChI=1S/C16H21FN2O2S/c1-22-14-4-2-3-13(17)15(14)16(20)18-9-12-10-19(7-8-21-12)11-5-6-11/h2-4,11-12H,5-10H2,1H3,(H,18,20). The van der Waals surface area contributed by atoms with Crippen molar-refractivity contribution in [3.05, 3.63) is 29.6 Å². The minimum atomic E-state index is -0.478. The van der Waals surface area contributed by atoms with Crippen LogP contribution in [-0.4, -0.2) is 55.4 Å². The van der Waals surface area contributed by atoms with E-state index in [0.717, 1.165) is 13.1 Å². The summed E-state index contributed by atoms with van der Waals surface area (Å²) in [7, 11) is 0. The molecule has 2 aliphatic rings. The second-order valence-corrected chi connectivity index (χ2v) is 6.59. The molecule has 1 saturated heterocycles. The molecular weight excluding hydrogens is 303 g/mol. The van der Waals surface area contributed by atoms with Crippen molar-refractivity contribution in [2.45, 2.75) is 29.9 Å². The summed E-state index contributed by atoms with van der Waals surface area (Å²) in [5.74, 6) is -0.844. The lowest BCUT2D eigenvalue weighted by molar-refractivity contribution is -0.0293. The van der Waals surface area contributed by atoms with Crippen LogP contribution in [0.5, 0.6) is 0 Å². The molecule has 1 aromatic rings. The third kappa shape index (κ3) is 3.62. The van der Waals surface area contributed by atoms with Crippen LogP contribution in [0.4, 0.5) is 4.39 Å². The Labute approximate surface area is 134 Å². The van der Waals surface area contributed by atoms with Gasteiger partial charge < -0.3 is 10.1 Å². The van der Waals surface area contributed by atoms with Crippen molar-refractivity contribution in [1.29, 1.82) is 0 Å². The summed E-state index contributed by atoms with van der Waals surface area (Å²) >= 11 is 1.37. The van der Waals surface area contributed by atoms with Gasteiger partial charge in [-0.25, -0.2) is 4.39 Å². The smallest absolute Gasteiger partial charge is 0.255 e. The molecule has 0 radical (unpaired) electrons. The first-order chi connectivity index (χ1) is 10.7. The molecule has 0 aromatic heterocycles. The Morgan fingerprint density at radius 1 is 1.50 bits per heavy atom. The van der Waals surface area contributed by atoms with E-state index >= 15 is 0 Å². The molecule has 0 spiro atoms. The molecule has 1 aromatic carbocycles. The predicted octanol–water partition coefficient (Wildman–Crippen LogP) is 2.14. The van der Waals surface area contributed by atoms with Gasteiger partial charge in [0.05, 0.1) is 18.3 Å². The fourth-order valence-electron chi connectivity index (χ4n) is 2.83. The number of morpholine rings is 1. The predicted molar refractivity (Wildman–Crippen MR) is 84.8 cm³/mol. The van der Waals surface area contributed by atoms with Gasteiger partial charge in [0.2, 0.25) is 0 Å². The molecule has 1 unspecified atom stereocenters. The molecule has 1 heterocycles. The fourth-order valence-corrected chi connectivity index (χ4v) is 3.44. The summed E-state index contributed by atoms with van der Waals surface area (Å²) in [4.78, 5) is 15.4. The second-order valence-electron chi connectivity index (χ2n) is 5.75. The number of nitrogens with one attached hydrogen (secondary N) is 1. The first-order valence-corrected chi connectivity index (χ1v) is 8.88. The van der Waals surface area contributed by atoms with E-state index in [0.29, 0.717) is 24.1 Å². The highest BCUT2D eigenvalue weighted by Gasteiger charge is 2.33. The van der Waals surface area contributed by atoms with Gasteiger partial charge >= 0.3 is 0 Å². The highest BCUT2D eigenvalue weighted by atomic mass is 32.2. The SMILES string of the molecule is CSc1cccc(F)c1C(=O)NCC1CN(C2CC2)CCO1. The number of nitrogens with zero attached hydrogens (tertiary/aromatic N) is 1. The van der Waals surface area contributed by atoms with Gasteiger partial charge in [-0.05, 0) is 31.2 Å². The molecule has 1 atom stereocenters. The molecular formula is C16H21FN2O2S. The van der Waals surface area contributed by atoms with Crippen molar-refractivity contribution in [3.8, 4) is 0 Å². The van der Waals surface area contributed by atoms with Crippen LogP contribution in [0.3, 0.4) is 0 Å². The molecule has 6 heteroatoms. The number of halogens is 1. The molecule has 1 amide bonds. The van der Waals surface area contributed by atoms with Crippen molar-refractivity contribution in [2.24, 2.45) is 0 Å². The normalized spacial score (nSPS) is 22.5. The van der Waals surface area contributed by atoms with Crippen molar-refractivity contribution < 1.29 is 13.9 Å². The quantitative estimate of drug-likeness (QED) is 0.843. The van der Waals surface area contributed by atoms with E-state index in [-0.39, 0.29) is 17.6 Å². The summed E-state index contributed by atoms with van der Waals surface area (Å²) in [6.07, 6.45) is 4.36. The van der Waals surface area contributed by atoms with Crippen LogP contribution in [-0.2, 0) is 4.74 Å². The Balaban J connectivity index is 1.58. The summed E-state index contributed by atoms with van der Waals surface area (Å²) in [5.41, 5.74) is 0.129. The van der Waals surface area contributed by atoms with Crippen LogP contribution in [0.15, 0.2) is 23.1 Å². The lowest BCUT2D eigenvalue weighted by atomic mass is 10.2. The van der Waals surface area contributed by atoms with E-state index in [1.165, 1.54) is 30.7 Å². The van der Waals surface area contributed by atoms with Crippen molar-refractivity contribution >= 4 is 17.7 Å². The van der Waals surface area contributed by atoms with Crippen molar-refractivity contribution in [2.75, 3.05) is 32.5 Å². The Hall–Kier alpha value is -1.11. The van der Waals surface area contributed by atoms with E-state index < -0.39 is 5.82 Å². The Bertz CT molecular complexity index is 551. The maximum atomic E-state index is 13.9. The third-order valence-corrected chi connectivity index (χ3v) is 4.93. The van der Waals surface area contributed by atoms with Gasteiger partial charge in [0, 0.05) is 30.6 Å². The van der Waals surface area contributed by atoms with Crippen molar-refractivity contribution in [1.82, 2.24) is 10.2 Å². The Morgan fingerprint density at radius 2 is 2.32 bits per heavy atom. The fraction of sp³-hybridized carbons (Fsp3) is 0.562. The average molecular weight is 324 g/mol. The second kappa shape index (κ2) is 6.98. The zero-order valence-corrected chi connectivity index (χ0v) is 13.5. The third-order valence-electron chi connectivity index (χ3n) is 4.15. The minimum absolute atomic E-state index is 0.0113. The molecule has 1 aliphatic carbocycles. The number of amides is 1. The molecule has 0 bridgehead atoms. The van der Waals surface area contributed by atoms with Crippen LogP contribution in [0.2, 0.25) is 0 Å². The maximum absolute atomic E-state index is 13.9. The molecule has 120 valence electrons. The first kappa shape index (κ1) is 15.8. The minimum Gasteiger partial charge on any atom is -0.374 e. The van der Waals surface area contributed by atoms with Gasteiger partial charge in [0.1, 0.15) is 5.82 Å². The average Bonchev–Trinajstić information content (AvgIpc) is 3.37. The molecule has 1 N–H and O–H groups in total. The zero-order valence-electron chi connectivity index (χ0n) is 12.7.